The number of carbonyl (C=O) groups excluding carboxylic acids is 1. The Balaban J connectivity index is 1.67. The van der Waals surface area contributed by atoms with Gasteiger partial charge in [-0.05, 0) is 54.2 Å². The van der Waals surface area contributed by atoms with Gasteiger partial charge in [0.15, 0.2) is 0 Å². The monoisotopic (exact) mass is 531 g/mol. The molecule has 3 aromatic carbocycles. The molecule has 0 aliphatic carbocycles. The van der Waals surface area contributed by atoms with E-state index in [2.05, 4.69) is 0 Å². The topological polar surface area (TPSA) is 105 Å². The summed E-state index contributed by atoms with van der Waals surface area (Å²) in [6, 6.07) is 17.3. The third kappa shape index (κ3) is 6.64. The number of alkyl halides is 2. The number of hydrogen-bond acceptors (Lipinski definition) is 6. The van der Waals surface area contributed by atoms with Crippen LogP contribution in [0, 0.1) is 0 Å². The molecule has 1 aliphatic rings. The average molecular weight is 532 g/mol. The van der Waals surface area contributed by atoms with E-state index in [9.17, 15) is 22.0 Å². The summed E-state index contributed by atoms with van der Waals surface area (Å²) in [7, 11) is -3.79. The van der Waals surface area contributed by atoms with E-state index in [0.717, 1.165) is 11.1 Å². The summed E-state index contributed by atoms with van der Waals surface area (Å²) in [6.45, 7) is -0.898. The predicted octanol–water partition coefficient (Wildman–Crippen LogP) is 5.11. The Labute approximate surface area is 214 Å². The van der Waals surface area contributed by atoms with Gasteiger partial charge >= 0.3 is 12.6 Å². The van der Waals surface area contributed by atoms with Crippen LogP contribution in [0.2, 0.25) is 0 Å². The lowest BCUT2D eigenvalue weighted by atomic mass is 9.87. The first-order valence-corrected chi connectivity index (χ1v) is 13.5. The average Bonchev–Trinajstić information content (AvgIpc) is 2.83. The van der Waals surface area contributed by atoms with Crippen molar-refractivity contribution in [2.45, 2.75) is 44.7 Å². The van der Waals surface area contributed by atoms with Crippen LogP contribution in [0.4, 0.5) is 8.78 Å². The molecular formula is C27H27F2NO6S. The van der Waals surface area contributed by atoms with Gasteiger partial charge in [-0.3, -0.25) is 4.79 Å². The number of carbonyl (C=O) groups is 1. The zero-order chi connectivity index (χ0) is 26.6. The number of esters is 1. The van der Waals surface area contributed by atoms with Gasteiger partial charge in [0, 0.05) is 12.0 Å². The third-order valence-electron chi connectivity index (χ3n) is 5.92. The van der Waals surface area contributed by atoms with Crippen LogP contribution in [0.25, 0.3) is 11.1 Å². The van der Waals surface area contributed by atoms with Crippen LogP contribution in [0.1, 0.15) is 48.1 Å². The van der Waals surface area contributed by atoms with Crippen molar-refractivity contribution >= 4 is 16.0 Å². The Kier molecular flexibility index (Phi) is 8.09. The normalized spacial score (nSPS) is 14.5. The number of sulfonamides is 1. The van der Waals surface area contributed by atoms with E-state index in [1.54, 1.807) is 37.3 Å². The van der Waals surface area contributed by atoms with Gasteiger partial charge in [-0.25, -0.2) is 13.6 Å². The van der Waals surface area contributed by atoms with Crippen LogP contribution >= 0.6 is 0 Å². The molecule has 2 N–H and O–H groups in total. The summed E-state index contributed by atoms with van der Waals surface area (Å²) < 4.78 is 65.6. The van der Waals surface area contributed by atoms with Crippen LogP contribution in [0.15, 0.2) is 60.7 Å². The molecule has 1 heterocycles. The van der Waals surface area contributed by atoms with E-state index in [1.165, 1.54) is 6.07 Å². The maximum atomic E-state index is 13.1. The highest BCUT2D eigenvalue weighted by Gasteiger charge is 2.31. The fourth-order valence-electron chi connectivity index (χ4n) is 4.41. The number of nitrogens with two attached hydrogens (primary N) is 1. The van der Waals surface area contributed by atoms with Gasteiger partial charge in [0.25, 0.3) is 0 Å². The van der Waals surface area contributed by atoms with Crippen LogP contribution in [0.3, 0.4) is 0 Å². The number of hydrogen-bond donors (Lipinski definition) is 1. The fraction of sp³-hybridized carbons (Fsp3) is 0.296. The minimum absolute atomic E-state index is 0.0386. The first-order chi connectivity index (χ1) is 17.6. The Morgan fingerprint density at radius 1 is 1.08 bits per heavy atom. The summed E-state index contributed by atoms with van der Waals surface area (Å²) in [5.74, 6) is -0.277. The molecule has 0 aromatic heterocycles. The highest BCUT2D eigenvalue weighted by atomic mass is 32.2. The summed E-state index contributed by atoms with van der Waals surface area (Å²) in [6.07, 6.45) is 1.05. The van der Waals surface area contributed by atoms with Gasteiger partial charge in [0.05, 0.1) is 17.9 Å². The van der Waals surface area contributed by atoms with E-state index in [0.29, 0.717) is 53.9 Å². The number of benzene rings is 3. The van der Waals surface area contributed by atoms with Crippen molar-refractivity contribution in [3.05, 3.63) is 82.9 Å². The molecule has 1 unspecified atom stereocenters. The number of ether oxygens (including phenoxy) is 3. The third-order valence-corrected chi connectivity index (χ3v) is 6.65. The zero-order valence-corrected chi connectivity index (χ0v) is 21.0. The molecule has 7 nitrogen and oxygen atoms in total. The molecule has 0 bridgehead atoms. The number of fused-ring (bicyclic) bond motifs is 3. The number of rotatable bonds is 10. The van der Waals surface area contributed by atoms with Gasteiger partial charge in [-0.2, -0.15) is 8.78 Å². The quantitative estimate of drug-likeness (QED) is 0.365. The number of aryl methyl sites for hydroxylation is 1. The predicted molar refractivity (Wildman–Crippen MR) is 134 cm³/mol. The SMILES string of the molecule is CCOC(=O)CCCc1ccc(C2Oc3cccc(OC(F)F)c3-c3ccc(CS(N)(=O)=O)cc32)cc1. The van der Waals surface area contributed by atoms with E-state index in [1.807, 2.05) is 24.3 Å². The summed E-state index contributed by atoms with van der Waals surface area (Å²) >= 11 is 0. The minimum Gasteiger partial charge on any atom is -0.480 e. The molecule has 1 atom stereocenters. The van der Waals surface area contributed by atoms with Crippen molar-refractivity contribution in [2.24, 2.45) is 5.14 Å². The molecule has 4 rings (SSSR count). The fourth-order valence-corrected chi connectivity index (χ4v) is 5.06. The summed E-state index contributed by atoms with van der Waals surface area (Å²) in [4.78, 5) is 11.6. The largest absolute Gasteiger partial charge is 0.480 e. The standard InChI is InChI=1S/C27H27F2NO6S/c1-2-34-24(31)8-3-5-17-9-12-19(13-10-17)26-21-15-18(16-37(30,32)33)11-14-20(21)25-22(35-26)6-4-7-23(25)36-27(28)29/h4,6-7,9-15,26-27H,2-3,5,8,16H2,1H3,(H2,30,32,33). The van der Waals surface area contributed by atoms with E-state index < -0.39 is 22.7 Å². The van der Waals surface area contributed by atoms with Crippen molar-refractivity contribution < 1.29 is 36.2 Å². The summed E-state index contributed by atoms with van der Waals surface area (Å²) in [5.41, 5.74) is 3.83. The molecule has 0 radical (unpaired) electrons. The molecule has 196 valence electrons. The van der Waals surface area contributed by atoms with E-state index >= 15 is 0 Å². The molecule has 0 spiro atoms. The van der Waals surface area contributed by atoms with Crippen molar-refractivity contribution in [3.63, 3.8) is 0 Å². The molecule has 0 fully saturated rings. The number of halogens is 2. The van der Waals surface area contributed by atoms with Crippen molar-refractivity contribution in [1.29, 1.82) is 0 Å². The van der Waals surface area contributed by atoms with Gasteiger partial charge < -0.3 is 14.2 Å². The molecule has 1 aliphatic heterocycles. The smallest absolute Gasteiger partial charge is 0.387 e. The molecule has 0 saturated heterocycles. The van der Waals surface area contributed by atoms with Gasteiger partial charge in [0.2, 0.25) is 10.0 Å². The lowest BCUT2D eigenvalue weighted by Gasteiger charge is -2.31. The van der Waals surface area contributed by atoms with E-state index in [4.69, 9.17) is 19.3 Å². The maximum absolute atomic E-state index is 13.1. The van der Waals surface area contributed by atoms with Crippen LogP contribution < -0.4 is 14.6 Å². The molecular weight excluding hydrogens is 504 g/mol. The van der Waals surface area contributed by atoms with Crippen molar-refractivity contribution in [1.82, 2.24) is 0 Å². The molecule has 0 saturated carbocycles. The second-order valence-electron chi connectivity index (χ2n) is 8.63. The zero-order valence-electron chi connectivity index (χ0n) is 20.2. The number of primary sulfonamides is 1. The highest BCUT2D eigenvalue weighted by Crippen LogP contribution is 2.49. The highest BCUT2D eigenvalue weighted by molar-refractivity contribution is 7.88. The second kappa shape index (κ2) is 11.3. The van der Waals surface area contributed by atoms with E-state index in [-0.39, 0.29) is 17.5 Å². The van der Waals surface area contributed by atoms with Crippen molar-refractivity contribution in [2.75, 3.05) is 6.61 Å². The van der Waals surface area contributed by atoms with Crippen LogP contribution in [0.5, 0.6) is 11.5 Å². The van der Waals surface area contributed by atoms with Gasteiger partial charge in [-0.15, -0.1) is 0 Å². The van der Waals surface area contributed by atoms with Crippen LogP contribution in [-0.2, 0) is 31.7 Å². The first-order valence-electron chi connectivity index (χ1n) is 11.8. The Bertz CT molecular complexity index is 1380. The van der Waals surface area contributed by atoms with Crippen LogP contribution in [-0.4, -0.2) is 27.6 Å². The first kappa shape index (κ1) is 26.6. The lowest BCUT2D eigenvalue weighted by molar-refractivity contribution is -0.143. The maximum Gasteiger partial charge on any atom is 0.387 e. The molecule has 10 heteroatoms. The lowest BCUT2D eigenvalue weighted by Crippen LogP contribution is -2.18. The van der Waals surface area contributed by atoms with Crippen molar-refractivity contribution in [3.8, 4) is 22.6 Å². The minimum atomic E-state index is -3.79. The molecule has 37 heavy (non-hydrogen) atoms. The second-order valence-corrected chi connectivity index (χ2v) is 10.2. The Morgan fingerprint density at radius 2 is 1.81 bits per heavy atom. The Morgan fingerprint density at radius 3 is 2.49 bits per heavy atom. The molecule has 3 aromatic rings. The summed E-state index contributed by atoms with van der Waals surface area (Å²) in [5, 5.41) is 5.25. The van der Waals surface area contributed by atoms with Gasteiger partial charge in [0.1, 0.15) is 17.6 Å². The molecule has 0 amide bonds. The Hall–Kier alpha value is -3.50. The van der Waals surface area contributed by atoms with Gasteiger partial charge in [-0.1, -0.05) is 48.5 Å².